The number of nitrogens with one attached hydrogen (secondary N) is 2. The molecule has 0 aliphatic carbocycles. The molecule has 0 unspecified atom stereocenters. The summed E-state index contributed by atoms with van der Waals surface area (Å²) in [7, 11) is 0. The van der Waals surface area contributed by atoms with E-state index >= 15 is 0 Å². The van der Waals surface area contributed by atoms with Crippen LogP contribution >= 0.6 is 0 Å². The number of anilines is 1. The summed E-state index contributed by atoms with van der Waals surface area (Å²) in [4.78, 5) is 12.2. The average Bonchev–Trinajstić information content (AvgIpc) is 2.57. The van der Waals surface area contributed by atoms with Crippen LogP contribution in [-0.2, 0) is 0 Å². The van der Waals surface area contributed by atoms with Gasteiger partial charge in [-0.15, -0.1) is 0 Å². The van der Waals surface area contributed by atoms with Gasteiger partial charge in [-0.05, 0) is 43.7 Å². The van der Waals surface area contributed by atoms with Gasteiger partial charge in [0.2, 0.25) is 0 Å². The minimum Gasteiger partial charge on any atom is -0.490 e. The van der Waals surface area contributed by atoms with Crippen molar-refractivity contribution >= 4 is 11.6 Å². The lowest BCUT2D eigenvalue weighted by molar-refractivity contribution is 0.0935. The minimum absolute atomic E-state index is 0.0869. The van der Waals surface area contributed by atoms with Crippen molar-refractivity contribution in [3.8, 4) is 11.5 Å². The number of amides is 1. The van der Waals surface area contributed by atoms with E-state index in [4.69, 9.17) is 9.47 Å². The van der Waals surface area contributed by atoms with Crippen molar-refractivity contribution in [1.29, 1.82) is 0 Å². The highest BCUT2D eigenvalue weighted by Gasteiger charge is 2.24. The third kappa shape index (κ3) is 3.08. The lowest BCUT2D eigenvalue weighted by Crippen LogP contribution is -2.38. The number of rotatable bonds is 5. The second-order valence-electron chi connectivity index (χ2n) is 5.17. The zero-order valence-corrected chi connectivity index (χ0v) is 13.3. The Bertz CT molecular complexity index is 715. The van der Waals surface area contributed by atoms with E-state index in [0.29, 0.717) is 30.3 Å². The first kappa shape index (κ1) is 15.2. The van der Waals surface area contributed by atoms with Crippen molar-refractivity contribution in [2.24, 2.45) is 0 Å². The van der Waals surface area contributed by atoms with Gasteiger partial charge < -0.3 is 20.1 Å². The molecule has 0 spiro atoms. The Labute approximate surface area is 135 Å². The van der Waals surface area contributed by atoms with Crippen LogP contribution in [0.5, 0.6) is 11.5 Å². The number of benzene rings is 2. The first-order valence-electron chi connectivity index (χ1n) is 7.79. The Balaban J connectivity index is 1.90. The molecule has 23 heavy (non-hydrogen) atoms. The second kappa shape index (κ2) is 6.60. The molecule has 1 atom stereocenters. The number of ether oxygens (including phenoxy) is 2. The van der Waals surface area contributed by atoms with Gasteiger partial charge in [0.15, 0.2) is 11.5 Å². The summed E-state index contributed by atoms with van der Waals surface area (Å²) in [5.74, 6) is 1.30. The maximum Gasteiger partial charge on any atom is 0.255 e. The fourth-order valence-corrected chi connectivity index (χ4v) is 2.62. The minimum atomic E-state index is -0.299. The smallest absolute Gasteiger partial charge is 0.255 e. The van der Waals surface area contributed by atoms with E-state index in [0.717, 1.165) is 11.3 Å². The molecular weight excluding hydrogens is 292 g/mol. The molecule has 5 nitrogen and oxygen atoms in total. The Morgan fingerprint density at radius 1 is 0.957 bits per heavy atom. The number of para-hydroxylation sites is 1. The highest BCUT2D eigenvalue weighted by molar-refractivity contribution is 6.01. The van der Waals surface area contributed by atoms with Gasteiger partial charge in [-0.2, -0.15) is 0 Å². The van der Waals surface area contributed by atoms with E-state index < -0.39 is 0 Å². The zero-order valence-electron chi connectivity index (χ0n) is 13.3. The topological polar surface area (TPSA) is 59.6 Å². The summed E-state index contributed by atoms with van der Waals surface area (Å²) in [5, 5.41) is 6.30. The van der Waals surface area contributed by atoms with Crippen LogP contribution in [0.4, 0.5) is 5.69 Å². The molecule has 0 saturated carbocycles. The number of hydrogen-bond acceptors (Lipinski definition) is 4. The summed E-state index contributed by atoms with van der Waals surface area (Å²) < 4.78 is 11.2. The Kier molecular flexibility index (Phi) is 4.37. The monoisotopic (exact) mass is 312 g/mol. The van der Waals surface area contributed by atoms with Crippen molar-refractivity contribution in [2.45, 2.75) is 20.0 Å². The molecule has 1 amide bonds. The van der Waals surface area contributed by atoms with Gasteiger partial charge in [0.05, 0.1) is 18.8 Å². The highest BCUT2D eigenvalue weighted by Crippen LogP contribution is 2.33. The van der Waals surface area contributed by atoms with Gasteiger partial charge >= 0.3 is 0 Å². The number of fused-ring (bicyclic) bond motifs is 1. The predicted molar refractivity (Wildman–Crippen MR) is 89.1 cm³/mol. The van der Waals surface area contributed by atoms with Crippen LogP contribution in [0.15, 0.2) is 42.5 Å². The lowest BCUT2D eigenvalue weighted by atomic mass is 10.1. The molecule has 2 aromatic rings. The summed E-state index contributed by atoms with van der Waals surface area (Å²) in [6.07, 6.45) is -0.299. The van der Waals surface area contributed by atoms with Gasteiger partial charge in [0, 0.05) is 5.69 Å². The van der Waals surface area contributed by atoms with E-state index in [-0.39, 0.29) is 12.1 Å². The zero-order chi connectivity index (χ0) is 16.2. The molecule has 0 radical (unpaired) electrons. The van der Waals surface area contributed by atoms with E-state index in [9.17, 15) is 4.79 Å². The lowest BCUT2D eigenvalue weighted by Gasteiger charge is -2.28. The molecule has 3 rings (SSSR count). The van der Waals surface area contributed by atoms with Gasteiger partial charge in [-0.25, -0.2) is 0 Å². The van der Waals surface area contributed by atoms with Crippen LogP contribution in [0.1, 0.15) is 35.9 Å². The molecule has 2 aromatic carbocycles. The summed E-state index contributed by atoms with van der Waals surface area (Å²) in [6, 6.07) is 13.2. The molecule has 0 saturated heterocycles. The second-order valence-corrected chi connectivity index (χ2v) is 5.17. The molecule has 1 aliphatic heterocycles. The first-order chi connectivity index (χ1) is 11.2. The molecule has 0 aromatic heterocycles. The van der Waals surface area contributed by atoms with Crippen LogP contribution in [0, 0.1) is 0 Å². The van der Waals surface area contributed by atoms with Gasteiger partial charge in [0.1, 0.15) is 6.17 Å². The van der Waals surface area contributed by atoms with Crippen molar-refractivity contribution in [2.75, 3.05) is 18.5 Å². The Morgan fingerprint density at radius 3 is 2.48 bits per heavy atom. The molecule has 120 valence electrons. The normalized spacial score (nSPS) is 16.1. The van der Waals surface area contributed by atoms with Crippen LogP contribution in [0.2, 0.25) is 0 Å². The SMILES string of the molecule is CCOc1ccc([C@@H]2NC(=O)c3ccccc3N2)cc1OCC. The predicted octanol–water partition coefficient (Wildman–Crippen LogP) is 3.34. The number of carbonyl (C=O) groups excluding carboxylic acids is 1. The Hall–Kier alpha value is -2.69. The van der Waals surface area contributed by atoms with E-state index in [2.05, 4.69) is 10.6 Å². The number of hydrogen-bond donors (Lipinski definition) is 2. The average molecular weight is 312 g/mol. The van der Waals surface area contributed by atoms with Crippen LogP contribution in [-0.4, -0.2) is 19.1 Å². The summed E-state index contributed by atoms with van der Waals surface area (Å²) in [5.41, 5.74) is 2.40. The van der Waals surface area contributed by atoms with Crippen molar-refractivity contribution in [1.82, 2.24) is 5.32 Å². The maximum absolute atomic E-state index is 12.2. The highest BCUT2D eigenvalue weighted by atomic mass is 16.5. The van der Waals surface area contributed by atoms with Gasteiger partial charge in [-0.1, -0.05) is 18.2 Å². The van der Waals surface area contributed by atoms with Crippen LogP contribution < -0.4 is 20.1 Å². The third-order valence-electron chi connectivity index (χ3n) is 3.65. The van der Waals surface area contributed by atoms with Crippen molar-refractivity contribution in [3.63, 3.8) is 0 Å². The first-order valence-corrected chi connectivity index (χ1v) is 7.79. The van der Waals surface area contributed by atoms with Gasteiger partial charge in [0.25, 0.3) is 5.91 Å². The van der Waals surface area contributed by atoms with Crippen LogP contribution in [0.25, 0.3) is 0 Å². The molecule has 1 aliphatic rings. The molecule has 0 bridgehead atoms. The fraction of sp³-hybridized carbons (Fsp3) is 0.278. The van der Waals surface area contributed by atoms with Crippen molar-refractivity contribution < 1.29 is 14.3 Å². The molecule has 1 heterocycles. The maximum atomic E-state index is 12.2. The molecule has 0 fully saturated rings. The molecule has 2 N–H and O–H groups in total. The summed E-state index contributed by atoms with van der Waals surface area (Å²) in [6.45, 7) is 4.99. The largest absolute Gasteiger partial charge is 0.490 e. The summed E-state index contributed by atoms with van der Waals surface area (Å²) >= 11 is 0. The van der Waals surface area contributed by atoms with Crippen LogP contribution in [0.3, 0.4) is 0 Å². The van der Waals surface area contributed by atoms with E-state index in [1.54, 1.807) is 6.07 Å². The fourth-order valence-electron chi connectivity index (χ4n) is 2.62. The standard InChI is InChI=1S/C18H20N2O3/c1-3-22-15-10-9-12(11-16(15)23-4-2)17-19-14-8-6-5-7-13(14)18(21)20-17/h5-11,17,19H,3-4H2,1-2H3,(H,20,21)/t17-/m0/s1. The van der Waals surface area contributed by atoms with E-state index in [1.807, 2.05) is 50.2 Å². The Morgan fingerprint density at radius 2 is 1.70 bits per heavy atom. The third-order valence-corrected chi connectivity index (χ3v) is 3.65. The van der Waals surface area contributed by atoms with Gasteiger partial charge in [-0.3, -0.25) is 4.79 Å². The molecular formula is C18H20N2O3. The quantitative estimate of drug-likeness (QED) is 0.889. The van der Waals surface area contributed by atoms with Crippen molar-refractivity contribution in [3.05, 3.63) is 53.6 Å². The number of carbonyl (C=O) groups is 1. The molecule has 5 heteroatoms. The van der Waals surface area contributed by atoms with E-state index in [1.165, 1.54) is 0 Å².